The predicted molar refractivity (Wildman–Crippen MR) is 79.5 cm³/mol. The molecule has 100 valence electrons. The lowest BCUT2D eigenvalue weighted by Gasteiger charge is -1.92. The van der Waals surface area contributed by atoms with Crippen LogP contribution in [0.4, 0.5) is 16.5 Å². The number of benzene rings is 1. The third-order valence-corrected chi connectivity index (χ3v) is 4.47. The molecule has 0 spiro atoms. The molecule has 0 fully saturated rings. The molecule has 0 radical (unpaired) electrons. The normalized spacial score (nSPS) is 11.4. The first-order chi connectivity index (χ1) is 9.61. The molecular formula is C12H8N4O2S2. The summed E-state index contributed by atoms with van der Waals surface area (Å²) >= 11 is 2.44. The SMILES string of the molecule is Nc1ccc(N=Nc2nc3sc(C(=O)O)cc3s2)cc1. The number of nitrogens with zero attached hydrogens (tertiary/aromatic N) is 3. The van der Waals surface area contributed by atoms with Gasteiger partial charge in [-0.25, -0.2) is 9.78 Å². The summed E-state index contributed by atoms with van der Waals surface area (Å²) in [5, 5.41) is 17.5. The molecule has 3 rings (SSSR count). The van der Waals surface area contributed by atoms with E-state index in [2.05, 4.69) is 15.2 Å². The van der Waals surface area contributed by atoms with E-state index >= 15 is 0 Å². The van der Waals surface area contributed by atoms with E-state index in [1.807, 2.05) is 0 Å². The molecule has 0 unspecified atom stereocenters. The van der Waals surface area contributed by atoms with Gasteiger partial charge in [-0.2, -0.15) is 0 Å². The smallest absolute Gasteiger partial charge is 0.345 e. The van der Waals surface area contributed by atoms with Crippen LogP contribution in [0, 0.1) is 0 Å². The average molecular weight is 304 g/mol. The highest BCUT2D eigenvalue weighted by Gasteiger charge is 2.12. The number of carbonyl (C=O) groups is 1. The number of carboxylic acids is 1. The summed E-state index contributed by atoms with van der Waals surface area (Å²) in [6.45, 7) is 0. The molecule has 0 atom stereocenters. The number of carboxylic acid groups (broad SMARTS) is 1. The van der Waals surface area contributed by atoms with Gasteiger partial charge in [-0.1, -0.05) is 11.3 Å². The molecule has 8 heteroatoms. The topological polar surface area (TPSA) is 101 Å². The highest BCUT2D eigenvalue weighted by Crippen LogP contribution is 2.34. The Hall–Kier alpha value is -2.32. The van der Waals surface area contributed by atoms with Gasteiger partial charge in [0.1, 0.15) is 9.71 Å². The van der Waals surface area contributed by atoms with Crippen LogP contribution in [-0.4, -0.2) is 16.1 Å². The number of anilines is 1. The number of thiophene rings is 1. The first kappa shape index (κ1) is 12.7. The minimum atomic E-state index is -0.940. The van der Waals surface area contributed by atoms with Gasteiger partial charge in [0.2, 0.25) is 5.13 Å². The minimum Gasteiger partial charge on any atom is -0.477 e. The Balaban J connectivity index is 1.85. The summed E-state index contributed by atoms with van der Waals surface area (Å²) in [7, 11) is 0. The summed E-state index contributed by atoms with van der Waals surface area (Å²) in [6, 6.07) is 8.61. The molecule has 0 amide bonds. The first-order valence-corrected chi connectivity index (χ1v) is 7.16. The van der Waals surface area contributed by atoms with Crippen molar-refractivity contribution in [3.63, 3.8) is 0 Å². The average Bonchev–Trinajstić information content (AvgIpc) is 2.96. The van der Waals surface area contributed by atoms with Crippen molar-refractivity contribution in [3.05, 3.63) is 35.2 Å². The number of fused-ring (bicyclic) bond motifs is 1. The second-order valence-corrected chi connectivity index (χ2v) is 5.91. The maximum absolute atomic E-state index is 10.8. The largest absolute Gasteiger partial charge is 0.477 e. The molecule has 0 aliphatic rings. The molecule has 1 aromatic carbocycles. The molecule has 3 aromatic rings. The monoisotopic (exact) mass is 304 g/mol. The number of thiazole rings is 1. The molecule has 2 aromatic heterocycles. The van der Waals surface area contributed by atoms with Gasteiger partial charge in [0.25, 0.3) is 0 Å². The molecule has 6 nitrogen and oxygen atoms in total. The number of nitrogens with two attached hydrogens (primary N) is 1. The van der Waals surface area contributed by atoms with Crippen molar-refractivity contribution in [2.45, 2.75) is 0 Å². The van der Waals surface area contributed by atoms with Crippen LogP contribution in [0.5, 0.6) is 0 Å². The first-order valence-electron chi connectivity index (χ1n) is 5.53. The van der Waals surface area contributed by atoms with Crippen LogP contribution in [-0.2, 0) is 0 Å². The lowest BCUT2D eigenvalue weighted by molar-refractivity contribution is 0.0702. The Morgan fingerprint density at radius 3 is 2.60 bits per heavy atom. The zero-order chi connectivity index (χ0) is 14.1. The van der Waals surface area contributed by atoms with Crippen LogP contribution >= 0.6 is 22.7 Å². The number of aromatic nitrogens is 1. The number of hydrogen-bond acceptors (Lipinski definition) is 7. The van der Waals surface area contributed by atoms with Gasteiger partial charge in [-0.05, 0) is 30.3 Å². The lowest BCUT2D eigenvalue weighted by atomic mass is 10.3. The molecular weight excluding hydrogens is 296 g/mol. The Morgan fingerprint density at radius 2 is 1.95 bits per heavy atom. The van der Waals surface area contributed by atoms with Crippen molar-refractivity contribution in [1.82, 2.24) is 4.98 Å². The van der Waals surface area contributed by atoms with Crippen molar-refractivity contribution in [2.75, 3.05) is 5.73 Å². The summed E-state index contributed by atoms with van der Waals surface area (Å²) in [5.41, 5.74) is 6.93. The van der Waals surface area contributed by atoms with E-state index in [-0.39, 0.29) is 4.88 Å². The quantitative estimate of drug-likeness (QED) is 0.563. The molecule has 0 aliphatic carbocycles. The van der Waals surface area contributed by atoms with Crippen LogP contribution in [0.3, 0.4) is 0 Å². The Kier molecular flexibility index (Phi) is 3.17. The van der Waals surface area contributed by atoms with E-state index in [0.717, 1.165) is 16.0 Å². The van der Waals surface area contributed by atoms with Crippen molar-refractivity contribution >= 4 is 54.7 Å². The van der Waals surface area contributed by atoms with Crippen molar-refractivity contribution in [3.8, 4) is 0 Å². The fourth-order valence-corrected chi connectivity index (χ4v) is 3.38. The number of rotatable bonds is 3. The Labute approximate surface area is 121 Å². The summed E-state index contributed by atoms with van der Waals surface area (Å²) in [5.74, 6) is -0.940. The predicted octanol–water partition coefficient (Wildman–Crippen LogP) is 4.05. The molecule has 2 heterocycles. The van der Waals surface area contributed by atoms with Gasteiger partial charge in [0.15, 0.2) is 0 Å². The van der Waals surface area contributed by atoms with Gasteiger partial charge in [0, 0.05) is 5.69 Å². The summed E-state index contributed by atoms with van der Waals surface area (Å²) < 4.78 is 0.804. The zero-order valence-electron chi connectivity index (χ0n) is 9.98. The van der Waals surface area contributed by atoms with Gasteiger partial charge >= 0.3 is 5.97 Å². The third kappa shape index (κ3) is 2.51. The Morgan fingerprint density at radius 1 is 1.20 bits per heavy atom. The van der Waals surface area contributed by atoms with Crippen LogP contribution in [0.1, 0.15) is 9.67 Å². The standard InChI is InChI=1S/C12H8N4O2S2/c13-6-1-3-7(4-2-6)15-16-12-14-10-8(20-12)5-9(19-10)11(17)18/h1-5H,13H2,(H,17,18). The summed E-state index contributed by atoms with van der Waals surface area (Å²) in [6.07, 6.45) is 0. The van der Waals surface area contributed by atoms with E-state index in [1.165, 1.54) is 11.3 Å². The van der Waals surface area contributed by atoms with Gasteiger partial charge in [-0.15, -0.1) is 21.6 Å². The minimum absolute atomic E-state index is 0.278. The maximum Gasteiger partial charge on any atom is 0.345 e. The van der Waals surface area contributed by atoms with Crippen LogP contribution in [0.2, 0.25) is 0 Å². The van der Waals surface area contributed by atoms with Gasteiger partial charge in [-0.3, -0.25) is 0 Å². The van der Waals surface area contributed by atoms with E-state index in [1.54, 1.807) is 30.3 Å². The molecule has 0 aliphatic heterocycles. The fourth-order valence-electron chi connectivity index (χ4n) is 1.51. The van der Waals surface area contributed by atoms with Crippen LogP contribution in [0.15, 0.2) is 40.6 Å². The van der Waals surface area contributed by atoms with Crippen molar-refractivity contribution < 1.29 is 9.90 Å². The van der Waals surface area contributed by atoms with E-state index in [4.69, 9.17) is 10.8 Å². The zero-order valence-corrected chi connectivity index (χ0v) is 11.6. The van der Waals surface area contributed by atoms with Gasteiger partial charge in [0.05, 0.1) is 10.4 Å². The maximum atomic E-state index is 10.8. The fraction of sp³-hybridized carbons (Fsp3) is 0. The number of nitrogen functional groups attached to an aromatic ring is 1. The van der Waals surface area contributed by atoms with E-state index in [0.29, 0.717) is 21.3 Å². The second kappa shape index (κ2) is 4.99. The van der Waals surface area contributed by atoms with E-state index < -0.39 is 5.97 Å². The van der Waals surface area contributed by atoms with Crippen LogP contribution < -0.4 is 5.73 Å². The molecule has 0 saturated heterocycles. The second-order valence-electron chi connectivity index (χ2n) is 3.87. The van der Waals surface area contributed by atoms with Crippen LogP contribution in [0.25, 0.3) is 9.53 Å². The highest BCUT2D eigenvalue weighted by molar-refractivity contribution is 7.29. The number of aromatic carboxylic acids is 1. The highest BCUT2D eigenvalue weighted by atomic mass is 32.1. The number of azo groups is 1. The Bertz CT molecular complexity index is 773. The molecule has 20 heavy (non-hydrogen) atoms. The van der Waals surface area contributed by atoms with Crippen molar-refractivity contribution in [1.29, 1.82) is 0 Å². The molecule has 0 saturated carbocycles. The summed E-state index contributed by atoms with van der Waals surface area (Å²) in [4.78, 5) is 16.0. The van der Waals surface area contributed by atoms with Crippen molar-refractivity contribution in [2.24, 2.45) is 10.2 Å². The lowest BCUT2D eigenvalue weighted by Crippen LogP contribution is -1.89. The number of hydrogen-bond donors (Lipinski definition) is 2. The van der Waals surface area contributed by atoms with E-state index in [9.17, 15) is 4.79 Å². The van der Waals surface area contributed by atoms with Gasteiger partial charge < -0.3 is 10.8 Å². The third-order valence-electron chi connectivity index (χ3n) is 2.43. The molecule has 0 bridgehead atoms. The molecule has 3 N–H and O–H groups in total.